The van der Waals surface area contributed by atoms with Crippen LogP contribution < -0.4 is 15.2 Å². The van der Waals surface area contributed by atoms with Crippen molar-refractivity contribution in [3.05, 3.63) is 6.07 Å². The van der Waals surface area contributed by atoms with E-state index in [0.717, 1.165) is 0 Å². The van der Waals surface area contributed by atoms with Crippen molar-refractivity contribution < 1.29 is 9.47 Å². The highest BCUT2D eigenvalue weighted by atomic mass is 32.2. The number of thioether (sulfide) groups is 1. The molecule has 0 unspecified atom stereocenters. The van der Waals surface area contributed by atoms with Crippen molar-refractivity contribution >= 4 is 22.7 Å². The smallest absolute Gasteiger partial charge is 0.321 e. The Morgan fingerprint density at radius 1 is 1.40 bits per heavy atom. The third kappa shape index (κ3) is 3.28. The van der Waals surface area contributed by atoms with Crippen LogP contribution in [-0.4, -0.2) is 35.6 Å². The van der Waals surface area contributed by atoms with Crippen molar-refractivity contribution in [3.63, 3.8) is 0 Å². The van der Waals surface area contributed by atoms with Gasteiger partial charge in [-0.3, -0.25) is 0 Å². The average Bonchev–Trinajstić information content (AvgIpc) is 2.28. The van der Waals surface area contributed by atoms with Crippen molar-refractivity contribution in [1.29, 1.82) is 0 Å². The Labute approximate surface area is 91.9 Å². The largest absolute Gasteiger partial charge is 0.481 e. The van der Waals surface area contributed by atoms with Crippen LogP contribution in [0.15, 0.2) is 11.1 Å². The van der Waals surface area contributed by atoms with Crippen LogP contribution in [0.25, 0.3) is 0 Å². The van der Waals surface area contributed by atoms with Gasteiger partial charge in [-0.15, -0.1) is 0 Å². The molecule has 0 aliphatic rings. The monoisotopic (exact) mass is 228 g/mol. The lowest BCUT2D eigenvalue weighted by Crippen LogP contribution is -2.05. The zero-order valence-electron chi connectivity index (χ0n) is 8.72. The zero-order chi connectivity index (χ0) is 11.3. The summed E-state index contributed by atoms with van der Waals surface area (Å²) in [6, 6.07) is 1.77. The van der Waals surface area contributed by atoms with E-state index in [0.29, 0.717) is 16.9 Å². The topological polar surface area (TPSA) is 82.6 Å². The van der Waals surface area contributed by atoms with Gasteiger partial charge >= 0.3 is 6.01 Å². The van der Waals surface area contributed by atoms with Crippen LogP contribution >= 0.6 is 11.8 Å². The average molecular weight is 228 g/mol. The molecular weight excluding hydrogens is 216 g/mol. The molecule has 6 nitrogen and oxygen atoms in total. The van der Waals surface area contributed by atoms with E-state index in [1.165, 1.54) is 26.0 Å². The van der Waals surface area contributed by atoms with E-state index >= 15 is 0 Å². The number of methoxy groups -OCH3 is 2. The lowest BCUT2D eigenvalue weighted by Gasteiger charge is -2.03. The van der Waals surface area contributed by atoms with Gasteiger partial charge in [0.25, 0.3) is 0 Å². The quantitative estimate of drug-likeness (QED) is 0.608. The maximum absolute atomic E-state index is 5.56. The molecule has 0 amide bonds. The summed E-state index contributed by atoms with van der Waals surface area (Å²) >= 11 is 1.33. The lowest BCUT2D eigenvalue weighted by atomic mass is 10.5. The summed E-state index contributed by atoms with van der Waals surface area (Å²) in [6.07, 6.45) is 1.83. The fourth-order valence-electron chi connectivity index (χ4n) is 0.804. The molecule has 15 heavy (non-hydrogen) atoms. The minimum Gasteiger partial charge on any atom is -0.481 e. The van der Waals surface area contributed by atoms with E-state index in [2.05, 4.69) is 15.0 Å². The minimum absolute atomic E-state index is 0.196. The maximum Gasteiger partial charge on any atom is 0.321 e. The van der Waals surface area contributed by atoms with Crippen LogP contribution in [0.5, 0.6) is 11.9 Å². The van der Waals surface area contributed by atoms with Crippen molar-refractivity contribution in [3.8, 4) is 11.9 Å². The Balaban J connectivity index is 3.07. The number of aromatic nitrogens is 2. The van der Waals surface area contributed by atoms with Crippen molar-refractivity contribution in [2.45, 2.75) is 0 Å². The van der Waals surface area contributed by atoms with Gasteiger partial charge in [-0.25, -0.2) is 4.99 Å². The minimum atomic E-state index is 0.196. The molecule has 1 heterocycles. The Kier molecular flexibility index (Phi) is 4.17. The van der Waals surface area contributed by atoms with Gasteiger partial charge in [-0.05, 0) is 6.26 Å². The number of hydrogen-bond acceptors (Lipinski definition) is 6. The normalized spacial score (nSPS) is 11.3. The first-order valence-electron chi connectivity index (χ1n) is 4.04. The molecular formula is C8H12N4O2S. The number of rotatable bonds is 3. The van der Waals surface area contributed by atoms with E-state index in [9.17, 15) is 0 Å². The molecule has 0 saturated carbocycles. The van der Waals surface area contributed by atoms with Crippen molar-refractivity contribution in [1.82, 2.24) is 9.97 Å². The molecule has 0 aromatic carbocycles. The van der Waals surface area contributed by atoms with E-state index < -0.39 is 0 Å². The van der Waals surface area contributed by atoms with Crippen molar-refractivity contribution in [2.75, 3.05) is 20.5 Å². The van der Waals surface area contributed by atoms with Crippen LogP contribution in [0, 0.1) is 0 Å². The molecule has 1 aromatic rings. The molecule has 0 bridgehead atoms. The summed E-state index contributed by atoms with van der Waals surface area (Å²) in [5.74, 6) is 0.792. The molecule has 82 valence electrons. The van der Waals surface area contributed by atoms with E-state index in [4.69, 9.17) is 15.2 Å². The van der Waals surface area contributed by atoms with Crippen LogP contribution in [0.1, 0.15) is 0 Å². The molecule has 0 saturated heterocycles. The first-order valence-corrected chi connectivity index (χ1v) is 5.27. The number of nitrogens with two attached hydrogens (primary N) is 1. The van der Waals surface area contributed by atoms with Gasteiger partial charge in [0.05, 0.1) is 14.2 Å². The number of ether oxygens (including phenoxy) is 2. The molecule has 7 heteroatoms. The molecule has 0 spiro atoms. The van der Waals surface area contributed by atoms with Crippen LogP contribution in [0.3, 0.4) is 0 Å². The van der Waals surface area contributed by atoms with Gasteiger partial charge < -0.3 is 15.2 Å². The standard InChI is InChI=1S/C8H12N4O2S/c1-13-6-4-5(10-7(9)15-3)11-8(12-6)14-2/h4H,1-3H3,(H2,9,10,11,12). The highest BCUT2D eigenvalue weighted by Gasteiger charge is 2.04. The number of amidine groups is 1. The van der Waals surface area contributed by atoms with Gasteiger partial charge in [0.15, 0.2) is 11.0 Å². The third-order valence-electron chi connectivity index (χ3n) is 1.49. The second kappa shape index (κ2) is 5.40. The summed E-state index contributed by atoms with van der Waals surface area (Å²) in [6.45, 7) is 0. The SMILES string of the molecule is COc1cc(N=C(N)SC)nc(OC)n1. The van der Waals surface area contributed by atoms with Gasteiger partial charge in [-0.1, -0.05) is 11.8 Å². The Morgan fingerprint density at radius 2 is 2.13 bits per heavy atom. The fraction of sp³-hybridized carbons (Fsp3) is 0.375. The Morgan fingerprint density at radius 3 is 2.67 bits per heavy atom. The van der Waals surface area contributed by atoms with Gasteiger partial charge in [0.2, 0.25) is 5.88 Å². The van der Waals surface area contributed by atoms with Crippen LogP contribution in [0.4, 0.5) is 5.82 Å². The number of nitrogens with zero attached hydrogens (tertiary/aromatic N) is 3. The Bertz CT molecular complexity index is 347. The van der Waals surface area contributed by atoms with Gasteiger partial charge in [-0.2, -0.15) is 9.97 Å². The van der Waals surface area contributed by atoms with E-state index in [-0.39, 0.29) is 6.01 Å². The number of hydrogen-bond donors (Lipinski definition) is 1. The van der Waals surface area contributed by atoms with Crippen LogP contribution in [-0.2, 0) is 0 Å². The van der Waals surface area contributed by atoms with E-state index in [1.54, 1.807) is 6.07 Å². The molecule has 0 aliphatic carbocycles. The second-order valence-electron chi connectivity index (χ2n) is 2.41. The molecule has 2 N–H and O–H groups in total. The molecule has 0 fully saturated rings. The molecule has 0 atom stereocenters. The summed E-state index contributed by atoms with van der Waals surface area (Å²) in [5.41, 5.74) is 5.56. The summed E-state index contributed by atoms with van der Waals surface area (Å²) in [5, 5.41) is 0.415. The Hall–Kier alpha value is -1.50. The van der Waals surface area contributed by atoms with E-state index in [1.807, 2.05) is 6.26 Å². The molecule has 1 aromatic heterocycles. The first kappa shape index (κ1) is 11.6. The summed E-state index contributed by atoms with van der Waals surface area (Å²) in [7, 11) is 2.98. The number of aliphatic imine (C=N–C) groups is 1. The highest BCUT2D eigenvalue weighted by molar-refractivity contribution is 8.13. The predicted octanol–water partition coefficient (Wildman–Crippen LogP) is 0.803. The highest BCUT2D eigenvalue weighted by Crippen LogP contribution is 2.19. The molecule has 0 radical (unpaired) electrons. The summed E-state index contributed by atoms with van der Waals surface area (Å²) < 4.78 is 9.86. The summed E-state index contributed by atoms with van der Waals surface area (Å²) in [4.78, 5) is 12.0. The zero-order valence-corrected chi connectivity index (χ0v) is 9.54. The molecule has 1 rings (SSSR count). The third-order valence-corrected chi connectivity index (χ3v) is 2.00. The fourth-order valence-corrected chi connectivity index (χ4v) is 0.989. The van der Waals surface area contributed by atoms with Gasteiger partial charge in [0.1, 0.15) is 0 Å². The lowest BCUT2D eigenvalue weighted by molar-refractivity contribution is 0.352. The van der Waals surface area contributed by atoms with Crippen molar-refractivity contribution in [2.24, 2.45) is 10.7 Å². The molecule has 0 aliphatic heterocycles. The van der Waals surface area contributed by atoms with Crippen LogP contribution in [0.2, 0.25) is 0 Å². The van der Waals surface area contributed by atoms with Gasteiger partial charge in [0, 0.05) is 6.07 Å². The maximum atomic E-state index is 5.56. The first-order chi connectivity index (χ1) is 7.19. The second-order valence-corrected chi connectivity index (χ2v) is 3.24. The predicted molar refractivity (Wildman–Crippen MR) is 59.9 cm³/mol.